The zero-order valence-corrected chi connectivity index (χ0v) is 17.5. The number of hydrogen-bond acceptors (Lipinski definition) is 6. The van der Waals surface area contributed by atoms with Gasteiger partial charge in [-0.2, -0.15) is 0 Å². The van der Waals surface area contributed by atoms with Crippen molar-refractivity contribution < 1.29 is 9.68 Å². The second-order valence-electron chi connectivity index (χ2n) is 7.39. The van der Waals surface area contributed by atoms with E-state index in [2.05, 4.69) is 27.4 Å². The van der Waals surface area contributed by atoms with Crippen LogP contribution in [-0.4, -0.2) is 35.1 Å². The largest absolute Gasteiger partial charge is 0.399 e. The molecule has 1 aromatic carbocycles. The Bertz CT molecular complexity index is 1090. The minimum absolute atomic E-state index is 0.545. The zero-order valence-electron chi connectivity index (χ0n) is 17.5. The van der Waals surface area contributed by atoms with E-state index in [9.17, 15) is 0 Å². The Morgan fingerprint density at radius 2 is 1.97 bits per heavy atom. The van der Waals surface area contributed by atoms with Crippen LogP contribution in [0.3, 0.4) is 0 Å². The molecule has 0 aliphatic heterocycles. The fraction of sp³-hybridized carbons (Fsp3) is 0.333. The maximum absolute atomic E-state index is 5.66. The maximum atomic E-state index is 5.66. The molecular formula is C24H26N4O2. The normalized spacial score (nSPS) is 15.3. The van der Waals surface area contributed by atoms with Crippen LogP contribution in [0.15, 0.2) is 58.8 Å². The maximum Gasteiger partial charge on any atom is 0.117 e. The fourth-order valence-electron chi connectivity index (χ4n) is 3.70. The smallest absolute Gasteiger partial charge is 0.117 e. The van der Waals surface area contributed by atoms with Crippen molar-refractivity contribution in [1.29, 1.82) is 0 Å². The molecule has 0 bridgehead atoms. The summed E-state index contributed by atoms with van der Waals surface area (Å²) in [5, 5.41) is 9.55. The first-order valence-corrected chi connectivity index (χ1v) is 10.4. The third-order valence-electron chi connectivity index (χ3n) is 5.18. The van der Waals surface area contributed by atoms with Gasteiger partial charge in [0.15, 0.2) is 0 Å². The molecule has 2 heterocycles. The predicted molar refractivity (Wildman–Crippen MR) is 119 cm³/mol. The lowest BCUT2D eigenvalue weighted by Crippen LogP contribution is -2.15. The van der Waals surface area contributed by atoms with Crippen molar-refractivity contribution in [2.75, 3.05) is 13.7 Å². The Morgan fingerprint density at radius 3 is 2.87 bits per heavy atom. The first-order chi connectivity index (χ1) is 14.7. The molecule has 0 saturated carbocycles. The van der Waals surface area contributed by atoms with Crippen molar-refractivity contribution >= 4 is 22.3 Å². The molecule has 0 saturated heterocycles. The van der Waals surface area contributed by atoms with Gasteiger partial charge in [-0.15, -0.1) is 0 Å². The van der Waals surface area contributed by atoms with Crippen LogP contribution in [0.5, 0.6) is 0 Å². The molecule has 4 rings (SSSR count). The number of oxime groups is 2. The van der Waals surface area contributed by atoms with Crippen LogP contribution in [0.1, 0.15) is 48.8 Å². The van der Waals surface area contributed by atoms with Crippen LogP contribution in [0.25, 0.3) is 10.9 Å². The SMILES string of the molecule is CON=C(C)c1cccc(CCCON=C2CCCc3cc4ccccc4nc32)n1. The molecule has 6 nitrogen and oxygen atoms in total. The van der Waals surface area contributed by atoms with Gasteiger partial charge in [-0.25, -0.2) is 4.98 Å². The van der Waals surface area contributed by atoms with Crippen molar-refractivity contribution in [3.8, 4) is 0 Å². The summed E-state index contributed by atoms with van der Waals surface area (Å²) in [5.74, 6) is 0. The van der Waals surface area contributed by atoms with Crippen LogP contribution in [-0.2, 0) is 22.5 Å². The van der Waals surface area contributed by atoms with E-state index in [0.29, 0.717) is 6.61 Å². The van der Waals surface area contributed by atoms with Crippen molar-refractivity contribution in [3.05, 3.63) is 71.2 Å². The van der Waals surface area contributed by atoms with Gasteiger partial charge in [-0.1, -0.05) is 34.6 Å². The molecule has 3 aromatic rings. The number of aromatic nitrogens is 2. The van der Waals surface area contributed by atoms with E-state index in [-0.39, 0.29) is 0 Å². The summed E-state index contributed by atoms with van der Waals surface area (Å²) in [5.41, 5.74) is 6.80. The molecule has 0 spiro atoms. The number of para-hydroxylation sites is 1. The highest BCUT2D eigenvalue weighted by molar-refractivity contribution is 6.02. The zero-order chi connectivity index (χ0) is 20.8. The van der Waals surface area contributed by atoms with Crippen LogP contribution in [0, 0.1) is 0 Å². The van der Waals surface area contributed by atoms with Gasteiger partial charge in [0.2, 0.25) is 0 Å². The van der Waals surface area contributed by atoms with Gasteiger partial charge in [0.1, 0.15) is 25.1 Å². The summed E-state index contributed by atoms with van der Waals surface area (Å²) >= 11 is 0. The first kappa shape index (κ1) is 20.0. The Hall–Kier alpha value is -3.28. The second kappa shape index (κ2) is 9.48. The Labute approximate surface area is 176 Å². The molecule has 6 heteroatoms. The molecule has 0 amide bonds. The summed E-state index contributed by atoms with van der Waals surface area (Å²) in [6.07, 6.45) is 4.68. The van der Waals surface area contributed by atoms with E-state index in [1.165, 1.54) is 18.1 Å². The molecular weight excluding hydrogens is 376 g/mol. The number of hydrogen-bond donors (Lipinski definition) is 0. The van der Waals surface area contributed by atoms with E-state index < -0.39 is 0 Å². The number of pyridine rings is 2. The van der Waals surface area contributed by atoms with Crippen LogP contribution in [0.2, 0.25) is 0 Å². The molecule has 0 fully saturated rings. The minimum atomic E-state index is 0.545. The van der Waals surface area contributed by atoms with Gasteiger partial charge in [-0.05, 0) is 68.9 Å². The molecule has 2 aromatic heterocycles. The highest BCUT2D eigenvalue weighted by atomic mass is 16.6. The molecule has 154 valence electrons. The van der Waals surface area contributed by atoms with Crippen molar-refractivity contribution in [1.82, 2.24) is 9.97 Å². The monoisotopic (exact) mass is 402 g/mol. The Morgan fingerprint density at radius 1 is 1.07 bits per heavy atom. The third kappa shape index (κ3) is 4.64. The lowest BCUT2D eigenvalue weighted by molar-refractivity contribution is 0.141. The van der Waals surface area contributed by atoms with Crippen LogP contribution >= 0.6 is 0 Å². The quantitative estimate of drug-likeness (QED) is 0.327. The molecule has 1 aliphatic carbocycles. The lowest BCUT2D eigenvalue weighted by Gasteiger charge is -2.17. The number of fused-ring (bicyclic) bond motifs is 2. The van der Waals surface area contributed by atoms with E-state index in [1.54, 1.807) is 0 Å². The average Bonchev–Trinajstić information content (AvgIpc) is 2.78. The topological polar surface area (TPSA) is 69.0 Å². The highest BCUT2D eigenvalue weighted by Gasteiger charge is 2.18. The van der Waals surface area contributed by atoms with E-state index in [0.717, 1.165) is 66.1 Å². The minimum Gasteiger partial charge on any atom is -0.399 e. The number of nitrogens with zero attached hydrogens (tertiary/aromatic N) is 4. The Kier molecular flexibility index (Phi) is 6.32. The number of benzene rings is 1. The number of aryl methyl sites for hydroxylation is 2. The molecule has 0 atom stereocenters. The summed E-state index contributed by atoms with van der Waals surface area (Å²) in [6, 6.07) is 16.4. The standard InChI is InChI=1S/C24H26N4O2/c1-17(27-29-2)21-13-6-10-20(25-21)11-7-15-30-28-23-14-5-9-19-16-18-8-3-4-12-22(18)26-24(19)23/h3-4,6,8,10,12-13,16H,5,7,9,11,14-15H2,1-2H3. The van der Waals surface area contributed by atoms with Gasteiger partial charge in [0.05, 0.1) is 16.9 Å². The van der Waals surface area contributed by atoms with Crippen LogP contribution in [0.4, 0.5) is 0 Å². The summed E-state index contributed by atoms with van der Waals surface area (Å²) < 4.78 is 0. The van der Waals surface area contributed by atoms with Crippen LogP contribution < -0.4 is 0 Å². The van der Waals surface area contributed by atoms with Gasteiger partial charge >= 0.3 is 0 Å². The Balaban J connectivity index is 1.37. The lowest BCUT2D eigenvalue weighted by atomic mass is 9.93. The third-order valence-corrected chi connectivity index (χ3v) is 5.18. The van der Waals surface area contributed by atoms with Gasteiger partial charge < -0.3 is 9.68 Å². The summed E-state index contributed by atoms with van der Waals surface area (Å²) in [7, 11) is 1.54. The second-order valence-corrected chi connectivity index (χ2v) is 7.39. The van der Waals surface area contributed by atoms with Gasteiger partial charge in [0.25, 0.3) is 0 Å². The van der Waals surface area contributed by atoms with E-state index >= 15 is 0 Å². The molecule has 0 unspecified atom stereocenters. The fourth-order valence-corrected chi connectivity index (χ4v) is 3.70. The molecule has 30 heavy (non-hydrogen) atoms. The molecule has 0 N–H and O–H groups in total. The van der Waals surface area contributed by atoms with Crippen molar-refractivity contribution in [2.45, 2.75) is 39.0 Å². The van der Waals surface area contributed by atoms with E-state index in [4.69, 9.17) is 14.7 Å². The highest BCUT2D eigenvalue weighted by Crippen LogP contribution is 2.24. The van der Waals surface area contributed by atoms with Crippen molar-refractivity contribution in [3.63, 3.8) is 0 Å². The number of rotatable bonds is 7. The predicted octanol–water partition coefficient (Wildman–Crippen LogP) is 4.69. The first-order valence-electron chi connectivity index (χ1n) is 10.4. The molecule has 1 aliphatic rings. The average molecular weight is 402 g/mol. The van der Waals surface area contributed by atoms with Gasteiger partial charge in [-0.3, -0.25) is 4.98 Å². The van der Waals surface area contributed by atoms with Crippen molar-refractivity contribution in [2.24, 2.45) is 10.3 Å². The summed E-state index contributed by atoms with van der Waals surface area (Å²) in [6.45, 7) is 2.43. The summed E-state index contributed by atoms with van der Waals surface area (Å²) in [4.78, 5) is 19.9. The molecule has 0 radical (unpaired) electrons. The van der Waals surface area contributed by atoms with Gasteiger partial charge in [0, 0.05) is 11.1 Å². The van der Waals surface area contributed by atoms with E-state index in [1.807, 2.05) is 43.3 Å².